The van der Waals surface area contributed by atoms with Gasteiger partial charge in [0, 0.05) is 0 Å². The van der Waals surface area contributed by atoms with Crippen LogP contribution in [0.3, 0.4) is 0 Å². The largest absolute Gasteiger partial charge is 0.460 e. The number of hydrazine groups is 1. The number of hydrogen-bond acceptors (Lipinski definition) is 3. The number of nitrogens with two attached hydrogens (primary N) is 1. The minimum absolute atomic E-state index is 0.377. The summed E-state index contributed by atoms with van der Waals surface area (Å²) in [5.41, 5.74) is 2.94. The molecule has 12 heavy (non-hydrogen) atoms. The summed E-state index contributed by atoms with van der Waals surface area (Å²) in [6.07, 6.45) is 0. The topological polar surface area (TPSA) is 47.3 Å². The smallest absolute Gasteiger partial charge is 0.228 e. The molecule has 0 aliphatic rings. The van der Waals surface area contributed by atoms with E-state index in [9.17, 15) is 4.39 Å². The highest BCUT2D eigenvalue weighted by Gasteiger charge is 2.05. The van der Waals surface area contributed by atoms with Gasteiger partial charge in [-0.3, -0.25) is 5.84 Å². The molecule has 0 saturated carbocycles. The number of ether oxygens (including phenoxy) is 1. The lowest BCUT2D eigenvalue weighted by atomic mass is 10.3. The second-order valence-electron chi connectivity index (χ2n) is 2.01. The zero-order valence-electron chi connectivity index (χ0n) is 6.18. The molecule has 0 heterocycles. The first-order valence-electron chi connectivity index (χ1n) is 3.23. The fourth-order valence-electron chi connectivity index (χ4n) is 0.824. The number of anilines is 1. The Balaban J connectivity index is 3.02. The van der Waals surface area contributed by atoms with Crippen LogP contribution < -0.4 is 16.0 Å². The lowest BCUT2D eigenvalue weighted by molar-refractivity contribution is 0.191. The molecule has 0 saturated heterocycles. The van der Waals surface area contributed by atoms with Gasteiger partial charge in [0.25, 0.3) is 0 Å². The quantitative estimate of drug-likeness (QED) is 0.622. The zero-order valence-corrected chi connectivity index (χ0v) is 7.77. The number of nitrogen functional groups attached to an aromatic ring is 1. The van der Waals surface area contributed by atoms with Crippen molar-refractivity contribution in [1.29, 1.82) is 0 Å². The molecule has 1 rings (SSSR count). The molecule has 0 fully saturated rings. The maximum Gasteiger partial charge on any atom is 0.228 e. The molecule has 0 aliphatic heterocycles. The Labute approximate surface area is 77.8 Å². The Morgan fingerprint density at radius 1 is 1.58 bits per heavy atom. The van der Waals surface area contributed by atoms with Crippen LogP contribution in [0.5, 0.6) is 5.75 Å². The van der Waals surface area contributed by atoms with E-state index in [2.05, 4.69) is 21.4 Å². The standard InChI is InChI=1S/C7H8BrFN2O/c8-5-2-1-3-6(11-10)7(5)12-4-9/h1-3,11H,4,10H2. The number of para-hydroxylation sites is 1. The Morgan fingerprint density at radius 3 is 2.92 bits per heavy atom. The molecule has 3 N–H and O–H groups in total. The molecule has 0 unspecified atom stereocenters. The van der Waals surface area contributed by atoms with Gasteiger partial charge in [0.1, 0.15) is 0 Å². The first-order chi connectivity index (χ1) is 5.79. The minimum atomic E-state index is -0.878. The molecule has 0 bridgehead atoms. The highest BCUT2D eigenvalue weighted by Crippen LogP contribution is 2.32. The van der Waals surface area contributed by atoms with E-state index >= 15 is 0 Å². The van der Waals surface area contributed by atoms with Gasteiger partial charge in [0.15, 0.2) is 5.75 Å². The summed E-state index contributed by atoms with van der Waals surface area (Å²) in [7, 11) is 0. The van der Waals surface area contributed by atoms with Crippen LogP contribution in [0.25, 0.3) is 0 Å². The summed E-state index contributed by atoms with van der Waals surface area (Å²) in [6, 6.07) is 5.20. The summed E-state index contributed by atoms with van der Waals surface area (Å²) in [4.78, 5) is 0. The van der Waals surface area contributed by atoms with Crippen LogP contribution in [0.2, 0.25) is 0 Å². The monoisotopic (exact) mass is 234 g/mol. The average Bonchev–Trinajstić information content (AvgIpc) is 2.09. The van der Waals surface area contributed by atoms with E-state index in [0.29, 0.717) is 15.9 Å². The lowest BCUT2D eigenvalue weighted by Crippen LogP contribution is -2.08. The van der Waals surface area contributed by atoms with Crippen molar-refractivity contribution in [1.82, 2.24) is 0 Å². The van der Waals surface area contributed by atoms with Gasteiger partial charge in [-0.15, -0.1) is 0 Å². The summed E-state index contributed by atoms with van der Waals surface area (Å²) < 4.78 is 17.2. The van der Waals surface area contributed by atoms with Crippen molar-refractivity contribution in [2.45, 2.75) is 0 Å². The minimum Gasteiger partial charge on any atom is -0.460 e. The van der Waals surface area contributed by atoms with Crippen LogP contribution in [0.15, 0.2) is 22.7 Å². The summed E-state index contributed by atoms with van der Waals surface area (Å²) in [5.74, 6) is 5.55. The third-order valence-electron chi connectivity index (χ3n) is 1.32. The predicted octanol–water partition coefficient (Wildman–Crippen LogP) is 2.04. The highest BCUT2D eigenvalue weighted by molar-refractivity contribution is 9.10. The normalized spacial score (nSPS) is 9.58. The second-order valence-corrected chi connectivity index (χ2v) is 2.87. The number of benzene rings is 1. The van der Waals surface area contributed by atoms with Crippen LogP contribution in [0.1, 0.15) is 0 Å². The first kappa shape index (κ1) is 9.28. The average molecular weight is 235 g/mol. The molecule has 0 radical (unpaired) electrons. The molecule has 0 aromatic heterocycles. The molecule has 3 nitrogen and oxygen atoms in total. The summed E-state index contributed by atoms with van der Waals surface area (Å²) in [5, 5.41) is 0. The van der Waals surface area contributed by atoms with Crippen molar-refractivity contribution in [2.75, 3.05) is 12.3 Å². The molecule has 5 heteroatoms. The summed E-state index contributed by atoms with van der Waals surface area (Å²) >= 11 is 3.20. The van der Waals surface area contributed by atoms with Crippen molar-refractivity contribution in [2.24, 2.45) is 5.84 Å². The zero-order chi connectivity index (χ0) is 8.97. The van der Waals surface area contributed by atoms with Gasteiger partial charge in [-0.05, 0) is 28.1 Å². The maximum atomic E-state index is 11.9. The molecule has 0 atom stereocenters. The number of nitrogens with one attached hydrogen (secondary N) is 1. The van der Waals surface area contributed by atoms with Crippen molar-refractivity contribution in [3.8, 4) is 5.75 Å². The van der Waals surface area contributed by atoms with E-state index in [0.717, 1.165) is 0 Å². The molecule has 0 amide bonds. The van der Waals surface area contributed by atoms with Gasteiger partial charge in [0.2, 0.25) is 6.86 Å². The fourth-order valence-corrected chi connectivity index (χ4v) is 1.30. The predicted molar refractivity (Wildman–Crippen MR) is 48.6 cm³/mol. The Hall–Kier alpha value is -0.810. The van der Waals surface area contributed by atoms with E-state index in [-0.39, 0.29) is 0 Å². The van der Waals surface area contributed by atoms with Gasteiger partial charge >= 0.3 is 0 Å². The Kier molecular flexibility index (Phi) is 3.31. The molecular formula is C7H8BrFN2O. The van der Waals surface area contributed by atoms with Crippen molar-refractivity contribution in [3.63, 3.8) is 0 Å². The van der Waals surface area contributed by atoms with Gasteiger partial charge in [0.05, 0.1) is 10.2 Å². The lowest BCUT2D eigenvalue weighted by Gasteiger charge is -2.09. The van der Waals surface area contributed by atoms with Crippen molar-refractivity contribution in [3.05, 3.63) is 22.7 Å². The van der Waals surface area contributed by atoms with Gasteiger partial charge in [-0.1, -0.05) is 6.07 Å². The van der Waals surface area contributed by atoms with Crippen LogP contribution in [-0.4, -0.2) is 6.86 Å². The van der Waals surface area contributed by atoms with E-state index < -0.39 is 6.86 Å². The van der Waals surface area contributed by atoms with E-state index in [1.807, 2.05) is 0 Å². The van der Waals surface area contributed by atoms with E-state index in [1.165, 1.54) is 0 Å². The van der Waals surface area contributed by atoms with Gasteiger partial charge < -0.3 is 10.2 Å². The SMILES string of the molecule is NNc1cccc(Br)c1OCF. The fraction of sp³-hybridized carbons (Fsp3) is 0.143. The maximum absolute atomic E-state index is 11.9. The molecule has 0 aliphatic carbocycles. The molecule has 0 spiro atoms. The third-order valence-corrected chi connectivity index (χ3v) is 1.95. The number of hydrogen-bond donors (Lipinski definition) is 2. The highest BCUT2D eigenvalue weighted by atomic mass is 79.9. The first-order valence-corrected chi connectivity index (χ1v) is 4.02. The molecule has 1 aromatic carbocycles. The van der Waals surface area contributed by atoms with E-state index in [4.69, 9.17) is 10.6 Å². The van der Waals surface area contributed by atoms with Crippen molar-refractivity contribution >= 4 is 21.6 Å². The molecular weight excluding hydrogens is 227 g/mol. The summed E-state index contributed by atoms with van der Waals surface area (Å²) in [6.45, 7) is -0.878. The number of alkyl halides is 1. The van der Waals surface area contributed by atoms with Crippen LogP contribution in [0, 0.1) is 0 Å². The van der Waals surface area contributed by atoms with Crippen molar-refractivity contribution < 1.29 is 9.13 Å². The van der Waals surface area contributed by atoms with Crippen LogP contribution >= 0.6 is 15.9 Å². The number of halogens is 2. The van der Waals surface area contributed by atoms with E-state index in [1.54, 1.807) is 18.2 Å². The second kappa shape index (κ2) is 4.27. The Bertz CT molecular complexity index is 270. The number of rotatable bonds is 3. The van der Waals surface area contributed by atoms with Crippen LogP contribution in [0.4, 0.5) is 10.1 Å². The van der Waals surface area contributed by atoms with Gasteiger partial charge in [-0.2, -0.15) is 0 Å². The molecule has 1 aromatic rings. The molecule has 66 valence electrons. The Morgan fingerprint density at radius 2 is 2.33 bits per heavy atom. The third kappa shape index (κ3) is 1.86. The van der Waals surface area contributed by atoms with Gasteiger partial charge in [-0.25, -0.2) is 4.39 Å². The van der Waals surface area contributed by atoms with Crippen LogP contribution in [-0.2, 0) is 0 Å².